The van der Waals surface area contributed by atoms with Crippen molar-refractivity contribution >= 4 is 11.4 Å². The van der Waals surface area contributed by atoms with E-state index in [4.69, 9.17) is 10.00 Å². The number of hydrogen-bond acceptors (Lipinski definition) is 3. The Morgan fingerprint density at radius 2 is 1.78 bits per heavy atom. The molecule has 0 heterocycles. The molecule has 0 bridgehead atoms. The fraction of sp³-hybridized carbons (Fsp3) is 0.0714. The monoisotopic (exact) mass is 242 g/mol. The molecule has 0 saturated heterocycles. The van der Waals surface area contributed by atoms with E-state index >= 15 is 0 Å². The maximum absolute atomic E-state index is 12.8. The number of nitrogens with zero attached hydrogens (tertiary/aromatic N) is 1. The fourth-order valence-corrected chi connectivity index (χ4v) is 1.57. The van der Waals surface area contributed by atoms with Gasteiger partial charge in [0.25, 0.3) is 0 Å². The third-order valence-electron chi connectivity index (χ3n) is 2.45. The molecule has 2 aromatic carbocycles. The van der Waals surface area contributed by atoms with Crippen molar-refractivity contribution in [2.24, 2.45) is 0 Å². The van der Waals surface area contributed by atoms with E-state index in [0.717, 1.165) is 11.4 Å². The summed E-state index contributed by atoms with van der Waals surface area (Å²) in [6.07, 6.45) is 0. The van der Waals surface area contributed by atoms with Gasteiger partial charge in [-0.15, -0.1) is 0 Å². The van der Waals surface area contributed by atoms with E-state index in [1.165, 1.54) is 19.2 Å². The molecule has 0 radical (unpaired) electrons. The maximum Gasteiger partial charge on any atom is 0.136 e. The lowest BCUT2D eigenvalue weighted by atomic mass is 10.2. The molecule has 90 valence electrons. The molecule has 2 rings (SSSR count). The maximum atomic E-state index is 12.8. The summed E-state index contributed by atoms with van der Waals surface area (Å²) in [5.41, 5.74) is 1.95. The molecule has 0 aliphatic heterocycles. The second-order valence-electron chi connectivity index (χ2n) is 3.66. The second kappa shape index (κ2) is 5.19. The summed E-state index contributed by atoms with van der Waals surface area (Å²) in [6, 6.07) is 13.3. The summed E-state index contributed by atoms with van der Waals surface area (Å²) in [4.78, 5) is 0. The zero-order valence-corrected chi connectivity index (χ0v) is 9.77. The van der Waals surface area contributed by atoms with Crippen molar-refractivity contribution in [3.05, 3.63) is 53.8 Å². The molecule has 2 aromatic rings. The third-order valence-corrected chi connectivity index (χ3v) is 2.45. The van der Waals surface area contributed by atoms with Crippen molar-refractivity contribution in [3.8, 4) is 11.8 Å². The Hall–Kier alpha value is -2.54. The van der Waals surface area contributed by atoms with Crippen LogP contribution >= 0.6 is 0 Å². The molecule has 3 nitrogen and oxygen atoms in total. The van der Waals surface area contributed by atoms with Crippen LogP contribution in [0, 0.1) is 17.1 Å². The van der Waals surface area contributed by atoms with Gasteiger partial charge in [-0.25, -0.2) is 4.39 Å². The summed E-state index contributed by atoms with van der Waals surface area (Å²) in [7, 11) is 1.52. The van der Waals surface area contributed by atoms with E-state index < -0.39 is 0 Å². The van der Waals surface area contributed by atoms with E-state index in [1.807, 2.05) is 0 Å². The number of nitrogens with one attached hydrogen (secondary N) is 1. The lowest BCUT2D eigenvalue weighted by Gasteiger charge is -2.08. The van der Waals surface area contributed by atoms with Gasteiger partial charge in [-0.2, -0.15) is 5.26 Å². The Labute approximate surface area is 104 Å². The van der Waals surface area contributed by atoms with Gasteiger partial charge in [0.1, 0.15) is 17.6 Å². The van der Waals surface area contributed by atoms with Crippen molar-refractivity contribution in [1.82, 2.24) is 0 Å². The molecule has 0 fully saturated rings. The second-order valence-corrected chi connectivity index (χ2v) is 3.66. The van der Waals surface area contributed by atoms with Gasteiger partial charge < -0.3 is 10.1 Å². The van der Waals surface area contributed by atoms with E-state index in [-0.39, 0.29) is 5.82 Å². The largest absolute Gasteiger partial charge is 0.495 e. The first kappa shape index (κ1) is 11.9. The van der Waals surface area contributed by atoms with Crippen molar-refractivity contribution in [3.63, 3.8) is 0 Å². The number of benzene rings is 2. The number of halogens is 1. The summed E-state index contributed by atoms with van der Waals surface area (Å²) < 4.78 is 17.8. The molecule has 0 aromatic heterocycles. The third kappa shape index (κ3) is 2.58. The minimum Gasteiger partial charge on any atom is -0.495 e. The average molecular weight is 242 g/mol. The van der Waals surface area contributed by atoms with Crippen LogP contribution in [0.25, 0.3) is 0 Å². The van der Waals surface area contributed by atoms with E-state index in [0.29, 0.717) is 11.3 Å². The number of nitriles is 1. The number of hydrogen-bond donors (Lipinski definition) is 1. The van der Waals surface area contributed by atoms with Crippen LogP contribution in [0.3, 0.4) is 0 Å². The Morgan fingerprint density at radius 1 is 1.11 bits per heavy atom. The van der Waals surface area contributed by atoms with E-state index in [2.05, 4.69) is 11.4 Å². The Kier molecular flexibility index (Phi) is 3.44. The molecular weight excluding hydrogens is 231 g/mol. The topological polar surface area (TPSA) is 45.0 Å². The predicted molar refractivity (Wildman–Crippen MR) is 67.4 cm³/mol. The van der Waals surface area contributed by atoms with Crippen LogP contribution < -0.4 is 10.1 Å². The summed E-state index contributed by atoms with van der Waals surface area (Å²) in [5.74, 6) is 0.246. The van der Waals surface area contributed by atoms with Crippen molar-refractivity contribution in [2.75, 3.05) is 12.4 Å². The molecular formula is C14H11FN2O. The van der Waals surface area contributed by atoms with Crippen LogP contribution in [0.15, 0.2) is 42.5 Å². The zero-order valence-electron chi connectivity index (χ0n) is 9.77. The number of anilines is 2. The van der Waals surface area contributed by atoms with Crippen LogP contribution in [0.2, 0.25) is 0 Å². The zero-order chi connectivity index (χ0) is 13.0. The molecule has 0 amide bonds. The fourth-order valence-electron chi connectivity index (χ4n) is 1.57. The molecule has 18 heavy (non-hydrogen) atoms. The highest BCUT2D eigenvalue weighted by atomic mass is 19.1. The summed E-state index contributed by atoms with van der Waals surface area (Å²) >= 11 is 0. The Bertz CT molecular complexity index is 588. The standard InChI is InChI=1S/C14H11FN2O/c1-18-14-7-6-13(8-10(14)9-16)17-12-4-2-11(15)3-5-12/h2-8,17H,1H3. The number of ether oxygens (including phenoxy) is 1. The lowest BCUT2D eigenvalue weighted by Crippen LogP contribution is -1.93. The average Bonchev–Trinajstić information content (AvgIpc) is 2.41. The molecule has 0 unspecified atom stereocenters. The van der Waals surface area contributed by atoms with E-state index in [9.17, 15) is 4.39 Å². The van der Waals surface area contributed by atoms with Crippen LogP contribution in [0.1, 0.15) is 5.56 Å². The van der Waals surface area contributed by atoms with Gasteiger partial charge in [0.2, 0.25) is 0 Å². The van der Waals surface area contributed by atoms with Crippen LogP contribution in [0.5, 0.6) is 5.75 Å². The molecule has 0 spiro atoms. The van der Waals surface area contributed by atoms with Gasteiger partial charge in [0.05, 0.1) is 12.7 Å². The Balaban J connectivity index is 2.25. The molecule has 0 aliphatic rings. The molecule has 1 N–H and O–H groups in total. The normalized spacial score (nSPS) is 9.61. The van der Waals surface area contributed by atoms with Crippen LogP contribution in [0.4, 0.5) is 15.8 Å². The highest BCUT2D eigenvalue weighted by molar-refractivity contribution is 5.63. The smallest absolute Gasteiger partial charge is 0.136 e. The molecule has 0 atom stereocenters. The number of methoxy groups -OCH3 is 1. The van der Waals surface area contributed by atoms with Gasteiger partial charge in [-0.05, 0) is 42.5 Å². The summed E-state index contributed by atoms with van der Waals surface area (Å²) in [5, 5.41) is 12.1. The first-order valence-electron chi connectivity index (χ1n) is 5.33. The van der Waals surface area contributed by atoms with Crippen molar-refractivity contribution in [2.45, 2.75) is 0 Å². The minimum absolute atomic E-state index is 0.284. The van der Waals surface area contributed by atoms with Crippen molar-refractivity contribution < 1.29 is 9.13 Å². The molecule has 0 saturated carbocycles. The van der Waals surface area contributed by atoms with Gasteiger partial charge in [-0.3, -0.25) is 0 Å². The highest BCUT2D eigenvalue weighted by Crippen LogP contribution is 2.24. The van der Waals surface area contributed by atoms with Gasteiger partial charge in [0.15, 0.2) is 0 Å². The van der Waals surface area contributed by atoms with Gasteiger partial charge in [0, 0.05) is 11.4 Å². The van der Waals surface area contributed by atoms with Gasteiger partial charge >= 0.3 is 0 Å². The predicted octanol–water partition coefficient (Wildman–Crippen LogP) is 3.45. The first-order valence-corrected chi connectivity index (χ1v) is 5.33. The SMILES string of the molecule is COc1ccc(Nc2ccc(F)cc2)cc1C#N. The van der Waals surface area contributed by atoms with Gasteiger partial charge in [-0.1, -0.05) is 0 Å². The molecule has 4 heteroatoms. The van der Waals surface area contributed by atoms with Crippen molar-refractivity contribution in [1.29, 1.82) is 5.26 Å². The quantitative estimate of drug-likeness (QED) is 0.896. The minimum atomic E-state index is -0.284. The number of rotatable bonds is 3. The first-order chi connectivity index (χ1) is 8.72. The van der Waals surface area contributed by atoms with E-state index in [1.54, 1.807) is 30.3 Å². The summed E-state index contributed by atoms with van der Waals surface area (Å²) in [6.45, 7) is 0. The van der Waals surface area contributed by atoms with Crippen LogP contribution in [-0.4, -0.2) is 7.11 Å². The lowest BCUT2D eigenvalue weighted by molar-refractivity contribution is 0.413. The van der Waals surface area contributed by atoms with Crippen LogP contribution in [-0.2, 0) is 0 Å². The molecule has 0 aliphatic carbocycles. The highest BCUT2D eigenvalue weighted by Gasteiger charge is 2.03. The Morgan fingerprint density at radius 3 is 2.39 bits per heavy atom.